The van der Waals surface area contributed by atoms with Gasteiger partial charge in [-0.25, -0.2) is 4.39 Å². The van der Waals surface area contributed by atoms with Gasteiger partial charge in [-0.15, -0.1) is 0 Å². The van der Waals surface area contributed by atoms with Crippen LogP contribution >= 0.6 is 22.6 Å². The summed E-state index contributed by atoms with van der Waals surface area (Å²) in [5.74, 6) is -0.207. The van der Waals surface area contributed by atoms with E-state index in [-0.39, 0.29) is 5.82 Å². The van der Waals surface area contributed by atoms with E-state index in [1.807, 2.05) is 6.07 Å². The minimum Gasteiger partial charge on any atom is -0.206 e. The first-order chi connectivity index (χ1) is 4.74. The molecule has 0 atom stereocenters. The van der Waals surface area contributed by atoms with Crippen molar-refractivity contribution in [3.63, 3.8) is 0 Å². The van der Waals surface area contributed by atoms with Crippen LogP contribution in [0, 0.1) is 9.39 Å². The molecule has 0 saturated heterocycles. The quantitative estimate of drug-likeness (QED) is 0.670. The highest BCUT2D eigenvalue weighted by Crippen LogP contribution is 2.12. The maximum atomic E-state index is 12.8. The fraction of sp³-hybridized carbons (Fsp3) is 0. The van der Waals surface area contributed by atoms with Gasteiger partial charge in [0.25, 0.3) is 0 Å². The van der Waals surface area contributed by atoms with Gasteiger partial charge in [-0.05, 0) is 34.7 Å². The van der Waals surface area contributed by atoms with Crippen molar-refractivity contribution in [1.82, 2.24) is 0 Å². The third-order valence-electron chi connectivity index (χ3n) is 1.18. The molecular formula is C8H6FI. The summed E-state index contributed by atoms with van der Waals surface area (Å²) in [7, 11) is 0. The number of hydrogen-bond acceptors (Lipinski definition) is 0. The molecule has 0 fully saturated rings. The molecule has 0 spiro atoms. The molecule has 0 bridgehead atoms. The summed E-state index contributed by atoms with van der Waals surface area (Å²) in [5, 5.41) is 0. The van der Waals surface area contributed by atoms with Gasteiger partial charge in [0.2, 0.25) is 0 Å². The maximum absolute atomic E-state index is 12.8. The first-order valence-electron chi connectivity index (χ1n) is 2.81. The van der Waals surface area contributed by atoms with Crippen LogP contribution in [0.1, 0.15) is 5.56 Å². The zero-order valence-corrected chi connectivity index (χ0v) is 7.43. The highest BCUT2D eigenvalue weighted by Gasteiger charge is 1.96. The third kappa shape index (κ3) is 1.56. The first-order valence-corrected chi connectivity index (χ1v) is 3.89. The lowest BCUT2D eigenvalue weighted by Crippen LogP contribution is -1.81. The van der Waals surface area contributed by atoms with E-state index in [1.54, 1.807) is 6.07 Å². The summed E-state index contributed by atoms with van der Waals surface area (Å²) in [6.07, 6.45) is 1.51. The summed E-state index contributed by atoms with van der Waals surface area (Å²) in [6, 6.07) is 5.04. The Morgan fingerprint density at radius 3 is 2.70 bits per heavy atom. The molecule has 0 N–H and O–H groups in total. The van der Waals surface area contributed by atoms with Gasteiger partial charge in [0, 0.05) is 9.13 Å². The van der Waals surface area contributed by atoms with Gasteiger partial charge in [-0.1, -0.05) is 18.7 Å². The van der Waals surface area contributed by atoms with Crippen LogP contribution in [-0.4, -0.2) is 0 Å². The topological polar surface area (TPSA) is 0 Å². The minimum absolute atomic E-state index is 0.207. The molecule has 0 aliphatic carbocycles. The standard InChI is InChI=1S/C8H6FI/c1-2-6-3-4-7(10)5-8(6)9/h2-5H,1H2. The predicted molar refractivity (Wildman–Crippen MR) is 49.2 cm³/mol. The van der Waals surface area contributed by atoms with Gasteiger partial charge in [-0.3, -0.25) is 0 Å². The molecule has 1 rings (SSSR count). The van der Waals surface area contributed by atoms with Gasteiger partial charge in [0.05, 0.1) is 0 Å². The second-order valence-corrected chi connectivity index (χ2v) is 3.12. The van der Waals surface area contributed by atoms with E-state index in [0.29, 0.717) is 5.56 Å². The Morgan fingerprint density at radius 1 is 1.50 bits per heavy atom. The highest BCUT2D eigenvalue weighted by molar-refractivity contribution is 14.1. The van der Waals surface area contributed by atoms with Crippen LogP contribution in [0.4, 0.5) is 4.39 Å². The second kappa shape index (κ2) is 3.14. The van der Waals surface area contributed by atoms with E-state index in [2.05, 4.69) is 29.2 Å². The van der Waals surface area contributed by atoms with E-state index in [9.17, 15) is 4.39 Å². The Kier molecular flexibility index (Phi) is 2.43. The first kappa shape index (κ1) is 7.72. The average molecular weight is 248 g/mol. The number of benzene rings is 1. The zero-order chi connectivity index (χ0) is 7.56. The fourth-order valence-corrected chi connectivity index (χ4v) is 1.12. The number of hydrogen-bond donors (Lipinski definition) is 0. The molecule has 0 nitrogen and oxygen atoms in total. The van der Waals surface area contributed by atoms with Gasteiger partial charge in [0.1, 0.15) is 5.82 Å². The molecule has 0 aliphatic rings. The van der Waals surface area contributed by atoms with Crippen molar-refractivity contribution in [2.24, 2.45) is 0 Å². The summed E-state index contributed by atoms with van der Waals surface area (Å²) in [4.78, 5) is 0. The van der Waals surface area contributed by atoms with Crippen LogP contribution in [0.2, 0.25) is 0 Å². The number of halogens is 2. The second-order valence-electron chi connectivity index (χ2n) is 1.87. The molecule has 0 aromatic heterocycles. The third-order valence-corrected chi connectivity index (χ3v) is 1.85. The summed E-state index contributed by atoms with van der Waals surface area (Å²) in [5.41, 5.74) is 0.556. The van der Waals surface area contributed by atoms with Crippen molar-refractivity contribution in [1.29, 1.82) is 0 Å². The van der Waals surface area contributed by atoms with E-state index < -0.39 is 0 Å². The monoisotopic (exact) mass is 248 g/mol. The van der Waals surface area contributed by atoms with Gasteiger partial charge in [-0.2, -0.15) is 0 Å². The van der Waals surface area contributed by atoms with Crippen molar-refractivity contribution < 1.29 is 4.39 Å². The Labute approximate surface area is 72.9 Å². The summed E-state index contributed by atoms with van der Waals surface area (Å²) in [6.45, 7) is 3.48. The van der Waals surface area contributed by atoms with Crippen LogP contribution in [0.15, 0.2) is 24.8 Å². The van der Waals surface area contributed by atoms with Crippen molar-refractivity contribution >= 4 is 28.7 Å². The van der Waals surface area contributed by atoms with Crippen molar-refractivity contribution in [2.75, 3.05) is 0 Å². The predicted octanol–water partition coefficient (Wildman–Crippen LogP) is 3.07. The normalized spacial score (nSPS) is 9.40. The summed E-state index contributed by atoms with van der Waals surface area (Å²) >= 11 is 2.06. The molecule has 0 saturated carbocycles. The van der Waals surface area contributed by atoms with Crippen LogP contribution in [0.25, 0.3) is 6.08 Å². The van der Waals surface area contributed by atoms with Crippen LogP contribution in [0.5, 0.6) is 0 Å². The summed E-state index contributed by atoms with van der Waals surface area (Å²) < 4.78 is 13.7. The molecule has 1 aromatic carbocycles. The Hall–Kier alpha value is -0.380. The minimum atomic E-state index is -0.207. The van der Waals surface area contributed by atoms with Gasteiger partial charge in [0.15, 0.2) is 0 Å². The van der Waals surface area contributed by atoms with Crippen LogP contribution in [0.3, 0.4) is 0 Å². The van der Waals surface area contributed by atoms with Crippen molar-refractivity contribution in [3.05, 3.63) is 39.7 Å². The van der Waals surface area contributed by atoms with E-state index in [1.165, 1.54) is 12.1 Å². The Morgan fingerprint density at radius 2 is 2.20 bits per heavy atom. The lowest BCUT2D eigenvalue weighted by molar-refractivity contribution is 0.624. The SMILES string of the molecule is C=Cc1ccc(I)cc1F. The van der Waals surface area contributed by atoms with Crippen LogP contribution < -0.4 is 0 Å². The highest BCUT2D eigenvalue weighted by atomic mass is 127. The van der Waals surface area contributed by atoms with E-state index in [4.69, 9.17) is 0 Å². The smallest absolute Gasteiger partial charge is 0.131 e. The molecule has 0 radical (unpaired) electrons. The zero-order valence-electron chi connectivity index (χ0n) is 5.27. The Balaban J connectivity index is 3.19. The van der Waals surface area contributed by atoms with E-state index >= 15 is 0 Å². The Bertz CT molecular complexity index is 255. The lowest BCUT2D eigenvalue weighted by Gasteiger charge is -1.94. The molecule has 0 unspecified atom stereocenters. The molecule has 0 aliphatic heterocycles. The molecule has 0 heterocycles. The fourth-order valence-electron chi connectivity index (χ4n) is 0.667. The molecule has 52 valence electrons. The largest absolute Gasteiger partial charge is 0.206 e. The van der Waals surface area contributed by atoms with Crippen molar-refractivity contribution in [3.8, 4) is 0 Å². The van der Waals surface area contributed by atoms with E-state index in [0.717, 1.165) is 3.57 Å². The maximum Gasteiger partial charge on any atom is 0.131 e. The number of rotatable bonds is 1. The van der Waals surface area contributed by atoms with Crippen molar-refractivity contribution in [2.45, 2.75) is 0 Å². The molecule has 2 heteroatoms. The average Bonchev–Trinajstić information content (AvgIpc) is 1.88. The van der Waals surface area contributed by atoms with Crippen LogP contribution in [-0.2, 0) is 0 Å². The van der Waals surface area contributed by atoms with Gasteiger partial charge < -0.3 is 0 Å². The van der Waals surface area contributed by atoms with Gasteiger partial charge >= 0.3 is 0 Å². The molecule has 1 aromatic rings. The molecular weight excluding hydrogens is 242 g/mol. The molecule has 0 amide bonds. The molecule has 10 heavy (non-hydrogen) atoms. The lowest BCUT2D eigenvalue weighted by atomic mass is 10.2.